The Balaban J connectivity index is 0. The van der Waals surface area contributed by atoms with Gasteiger partial charge in [0.1, 0.15) is 0 Å². The van der Waals surface area contributed by atoms with Gasteiger partial charge in [0.05, 0.1) is 0 Å². The van der Waals surface area contributed by atoms with Crippen molar-refractivity contribution in [3.8, 4) is 0 Å². The Morgan fingerprint density at radius 3 is 0.833 bits per heavy atom. The van der Waals surface area contributed by atoms with Crippen molar-refractivity contribution in [2.75, 3.05) is 0 Å². The molecule has 0 aliphatic carbocycles. The van der Waals surface area contributed by atoms with E-state index in [0.29, 0.717) is 0 Å². The summed E-state index contributed by atoms with van der Waals surface area (Å²) in [5.74, 6) is 9.25. The summed E-state index contributed by atoms with van der Waals surface area (Å²) in [5, 5.41) is 0. The molecule has 0 atom stereocenters. The summed E-state index contributed by atoms with van der Waals surface area (Å²) < 4.78 is 0. The molecule has 38 valence electrons. The molecule has 0 heterocycles. The van der Waals surface area contributed by atoms with E-state index >= 15 is 0 Å². The summed E-state index contributed by atoms with van der Waals surface area (Å²) in [7, 11) is 0. The molecule has 6 heavy (non-hydrogen) atoms. The zero-order valence-electron chi connectivity index (χ0n) is 4.35. The Kier molecular flexibility index (Phi) is 5.36. The molecule has 0 nitrogen and oxygen atoms in total. The minimum absolute atomic E-state index is 0. The molecule has 0 aromatic rings. The van der Waals surface area contributed by atoms with Gasteiger partial charge in [-0.05, 0) is 0 Å². The van der Waals surface area contributed by atoms with Crippen molar-refractivity contribution in [2.24, 2.45) is 0 Å². The SMILES string of the molecule is [CH3][Fe]([CH3])([CH3])[CH3].[LiH]. The summed E-state index contributed by atoms with van der Waals surface area (Å²) >= 11 is -0.500. The Morgan fingerprint density at radius 2 is 0.833 bits per heavy atom. The fraction of sp³-hybridized carbons (Fsp3) is 1.00. The number of hydrogen-bond acceptors (Lipinski definition) is 0. The first-order valence-electron chi connectivity index (χ1n) is 1.41. The van der Waals surface area contributed by atoms with Crippen LogP contribution in [0.4, 0.5) is 0 Å². The average molecular weight is 124 g/mol. The third kappa shape index (κ3) is 69.5. The first-order chi connectivity index (χ1) is 2.00. The van der Waals surface area contributed by atoms with Crippen molar-refractivity contribution in [3.05, 3.63) is 0 Å². The second kappa shape index (κ2) is 3.16. The molecule has 0 amide bonds. The number of rotatable bonds is 0. The van der Waals surface area contributed by atoms with Crippen molar-refractivity contribution >= 4 is 18.9 Å². The van der Waals surface area contributed by atoms with Crippen LogP contribution in [0.25, 0.3) is 0 Å². The summed E-state index contributed by atoms with van der Waals surface area (Å²) in [6.07, 6.45) is 0. The van der Waals surface area contributed by atoms with Gasteiger partial charge in [-0.3, -0.25) is 0 Å². The van der Waals surface area contributed by atoms with Crippen LogP contribution in [0.15, 0.2) is 0 Å². The molecule has 0 unspecified atom stereocenters. The molecule has 0 N–H and O–H groups in total. The molecule has 0 aliphatic rings. The van der Waals surface area contributed by atoms with Gasteiger partial charge in [0, 0.05) is 0 Å². The molecule has 0 saturated carbocycles. The Labute approximate surface area is 55.1 Å². The van der Waals surface area contributed by atoms with Gasteiger partial charge in [0.25, 0.3) is 0 Å². The minimum atomic E-state index is -0.500. The van der Waals surface area contributed by atoms with Gasteiger partial charge in [-0.25, -0.2) is 0 Å². The number of hydrogen-bond donors (Lipinski definition) is 0. The monoisotopic (exact) mass is 124 g/mol. The summed E-state index contributed by atoms with van der Waals surface area (Å²) in [5.41, 5.74) is 0. The van der Waals surface area contributed by atoms with Gasteiger partial charge in [-0.15, -0.1) is 0 Å². The zero-order valence-corrected chi connectivity index (χ0v) is 5.46. The van der Waals surface area contributed by atoms with Gasteiger partial charge in [0.15, 0.2) is 0 Å². The van der Waals surface area contributed by atoms with Crippen LogP contribution in [0.2, 0.25) is 23.3 Å². The van der Waals surface area contributed by atoms with Gasteiger partial charge in [0.2, 0.25) is 0 Å². The van der Waals surface area contributed by atoms with Crippen LogP contribution in [0.3, 0.4) is 0 Å². The van der Waals surface area contributed by atoms with E-state index in [1.807, 2.05) is 0 Å². The maximum atomic E-state index is 2.31. The van der Waals surface area contributed by atoms with Crippen LogP contribution in [0.1, 0.15) is 0 Å². The van der Waals surface area contributed by atoms with Crippen molar-refractivity contribution in [3.63, 3.8) is 0 Å². The van der Waals surface area contributed by atoms with Crippen LogP contribution in [-0.2, 0) is 12.8 Å². The van der Waals surface area contributed by atoms with Crippen molar-refractivity contribution in [1.82, 2.24) is 0 Å². The molecule has 0 aromatic heterocycles. The summed E-state index contributed by atoms with van der Waals surface area (Å²) in [6, 6.07) is 0. The molecule has 0 bridgehead atoms. The molecule has 0 radical (unpaired) electrons. The van der Waals surface area contributed by atoms with E-state index < -0.39 is 12.8 Å². The van der Waals surface area contributed by atoms with E-state index in [-0.39, 0.29) is 18.9 Å². The van der Waals surface area contributed by atoms with Crippen molar-refractivity contribution in [2.45, 2.75) is 23.3 Å². The van der Waals surface area contributed by atoms with E-state index in [4.69, 9.17) is 0 Å². The third-order valence-corrected chi connectivity index (χ3v) is 0. The zero-order chi connectivity index (χ0) is 4.50. The molecule has 0 spiro atoms. The predicted molar refractivity (Wildman–Crippen MR) is 30.6 cm³/mol. The standard InChI is InChI=1S/4CH3.Fe.Li.H/h4*1H3;;;. The molecule has 0 aromatic carbocycles. The Bertz CT molecular complexity index is 23.0. The van der Waals surface area contributed by atoms with Crippen LogP contribution in [-0.4, -0.2) is 18.9 Å². The maximum absolute atomic E-state index is 2.31. The van der Waals surface area contributed by atoms with Crippen molar-refractivity contribution < 1.29 is 12.8 Å². The molecular weight excluding hydrogens is 111 g/mol. The molecule has 0 rings (SSSR count). The average Bonchev–Trinajstić information content (AvgIpc) is 0.722. The van der Waals surface area contributed by atoms with Crippen LogP contribution in [0.5, 0.6) is 0 Å². The molecule has 0 aliphatic heterocycles. The molecule has 2 heteroatoms. The Morgan fingerprint density at radius 1 is 0.833 bits per heavy atom. The van der Waals surface area contributed by atoms with E-state index in [1.165, 1.54) is 0 Å². The predicted octanol–water partition coefficient (Wildman–Crippen LogP) is 1.68. The van der Waals surface area contributed by atoms with Crippen LogP contribution < -0.4 is 0 Å². The summed E-state index contributed by atoms with van der Waals surface area (Å²) in [4.78, 5) is 0. The van der Waals surface area contributed by atoms with Crippen LogP contribution >= 0.6 is 0 Å². The van der Waals surface area contributed by atoms with Gasteiger partial charge in [-0.2, -0.15) is 0 Å². The molecule has 0 fully saturated rings. The third-order valence-electron chi connectivity index (χ3n) is 0. The first-order valence-corrected chi connectivity index (χ1v) is 5.83. The fourth-order valence-electron chi connectivity index (χ4n) is 0. The van der Waals surface area contributed by atoms with Gasteiger partial charge < -0.3 is 0 Å². The second-order valence-corrected chi connectivity index (χ2v) is 8.75. The topological polar surface area (TPSA) is 0 Å². The normalized spacial score (nSPS) is 12.7. The second-order valence-electron chi connectivity index (χ2n) is 2.12. The summed E-state index contributed by atoms with van der Waals surface area (Å²) in [6.45, 7) is 0. The van der Waals surface area contributed by atoms with Crippen LogP contribution in [0, 0.1) is 0 Å². The van der Waals surface area contributed by atoms with Crippen molar-refractivity contribution in [1.29, 1.82) is 0 Å². The molecular formula is C4H13FeLi. The quantitative estimate of drug-likeness (QED) is 0.431. The van der Waals surface area contributed by atoms with E-state index in [2.05, 4.69) is 23.3 Å². The molecule has 0 saturated heterocycles. The van der Waals surface area contributed by atoms with E-state index in [9.17, 15) is 0 Å². The van der Waals surface area contributed by atoms with E-state index in [1.54, 1.807) is 0 Å². The first kappa shape index (κ1) is 10.2. The van der Waals surface area contributed by atoms with E-state index in [0.717, 1.165) is 0 Å². The van der Waals surface area contributed by atoms with Gasteiger partial charge in [-0.1, -0.05) is 0 Å². The Hall–Kier alpha value is 1.12. The fourth-order valence-corrected chi connectivity index (χ4v) is 0. The van der Waals surface area contributed by atoms with Gasteiger partial charge >= 0.3 is 55.0 Å².